The van der Waals surface area contributed by atoms with Gasteiger partial charge in [0.15, 0.2) is 5.78 Å². The van der Waals surface area contributed by atoms with Crippen LogP contribution < -0.4 is 5.32 Å². The van der Waals surface area contributed by atoms with Gasteiger partial charge in [0.1, 0.15) is 0 Å². The second-order valence-corrected chi connectivity index (χ2v) is 8.83. The van der Waals surface area contributed by atoms with Crippen molar-refractivity contribution in [1.29, 1.82) is 0 Å². The van der Waals surface area contributed by atoms with Crippen LogP contribution in [0, 0.1) is 10.8 Å². The van der Waals surface area contributed by atoms with Gasteiger partial charge in [-0.3, -0.25) is 9.59 Å². The molecule has 1 aromatic rings. The first-order valence-corrected chi connectivity index (χ1v) is 8.39. The molecule has 23 heavy (non-hydrogen) atoms. The fourth-order valence-electron chi connectivity index (χ4n) is 2.91. The Morgan fingerprint density at radius 2 is 1.52 bits per heavy atom. The van der Waals surface area contributed by atoms with E-state index in [0.717, 1.165) is 18.4 Å². The summed E-state index contributed by atoms with van der Waals surface area (Å²) in [6.45, 7) is 11.7. The summed E-state index contributed by atoms with van der Waals surface area (Å²) >= 11 is 0. The van der Waals surface area contributed by atoms with Gasteiger partial charge in [-0.1, -0.05) is 71.9 Å². The average molecular weight is 315 g/mol. The molecule has 1 saturated carbocycles. The Hall–Kier alpha value is -1.64. The van der Waals surface area contributed by atoms with Crippen molar-refractivity contribution in [3.63, 3.8) is 0 Å². The number of hydrogen-bond donors (Lipinski definition) is 1. The van der Waals surface area contributed by atoms with Crippen molar-refractivity contribution in [2.24, 2.45) is 10.8 Å². The fourth-order valence-corrected chi connectivity index (χ4v) is 2.91. The van der Waals surface area contributed by atoms with Crippen molar-refractivity contribution >= 4 is 11.7 Å². The maximum atomic E-state index is 13.0. The predicted octanol–water partition coefficient (Wildman–Crippen LogP) is 3.86. The molecule has 0 heterocycles. The van der Waals surface area contributed by atoms with Gasteiger partial charge in [-0.25, -0.2) is 0 Å². The van der Waals surface area contributed by atoms with E-state index in [4.69, 9.17) is 0 Å². The molecular formula is C20H29NO2. The lowest BCUT2D eigenvalue weighted by atomic mass is 9.75. The monoisotopic (exact) mass is 315 g/mol. The summed E-state index contributed by atoms with van der Waals surface area (Å²) in [5.41, 5.74) is -0.182. The van der Waals surface area contributed by atoms with Crippen LogP contribution in [0.1, 0.15) is 59.9 Å². The largest absolute Gasteiger partial charge is 0.345 e. The fraction of sp³-hybridized carbons (Fsp3) is 0.600. The number of Topliss-reactive ketones (excluding diaryl/α,β-unsaturated/α-hetero) is 1. The lowest BCUT2D eigenvalue weighted by Gasteiger charge is -2.35. The molecule has 1 amide bonds. The van der Waals surface area contributed by atoms with Gasteiger partial charge in [0.05, 0.1) is 11.5 Å². The molecule has 0 saturated heterocycles. The van der Waals surface area contributed by atoms with E-state index in [1.54, 1.807) is 0 Å². The topological polar surface area (TPSA) is 46.2 Å². The molecule has 3 heteroatoms. The maximum Gasteiger partial charge on any atom is 0.231 e. The third-order valence-corrected chi connectivity index (χ3v) is 4.65. The summed E-state index contributed by atoms with van der Waals surface area (Å²) < 4.78 is 0. The Kier molecular flexibility index (Phi) is 4.44. The second kappa shape index (κ2) is 5.77. The molecule has 0 radical (unpaired) electrons. The number of carbonyl (C=O) groups excluding carboxylic acids is 2. The van der Waals surface area contributed by atoms with Crippen LogP contribution >= 0.6 is 0 Å². The molecule has 1 aromatic carbocycles. The Balaban J connectivity index is 2.24. The molecule has 126 valence electrons. The lowest BCUT2D eigenvalue weighted by Crippen LogP contribution is -2.54. The number of carbonyl (C=O) groups is 2. The van der Waals surface area contributed by atoms with Crippen LogP contribution in [0.15, 0.2) is 30.3 Å². The number of amides is 1. The highest BCUT2D eigenvalue weighted by Crippen LogP contribution is 2.48. The van der Waals surface area contributed by atoms with Crippen molar-refractivity contribution in [3.05, 3.63) is 35.9 Å². The first kappa shape index (κ1) is 17.7. The molecule has 3 nitrogen and oxygen atoms in total. The minimum absolute atomic E-state index is 0.0128. The van der Waals surface area contributed by atoms with E-state index in [9.17, 15) is 9.59 Å². The lowest BCUT2D eigenvalue weighted by molar-refractivity contribution is -0.136. The van der Waals surface area contributed by atoms with E-state index < -0.39 is 16.9 Å². The van der Waals surface area contributed by atoms with Crippen LogP contribution in [0.25, 0.3) is 0 Å². The Morgan fingerprint density at radius 3 is 1.91 bits per heavy atom. The Labute approximate surface area is 139 Å². The van der Waals surface area contributed by atoms with E-state index in [1.807, 2.05) is 71.9 Å². The third kappa shape index (κ3) is 3.65. The summed E-state index contributed by atoms with van der Waals surface area (Å²) in [7, 11) is 0. The molecule has 2 rings (SSSR count). The summed E-state index contributed by atoms with van der Waals surface area (Å²) in [6, 6.07) is 9.41. The molecule has 0 aliphatic heterocycles. The van der Waals surface area contributed by atoms with E-state index in [2.05, 4.69) is 5.32 Å². The minimum atomic E-state index is -0.477. The van der Waals surface area contributed by atoms with E-state index in [0.29, 0.717) is 0 Å². The van der Waals surface area contributed by atoms with Crippen molar-refractivity contribution < 1.29 is 9.59 Å². The van der Waals surface area contributed by atoms with Crippen molar-refractivity contribution in [1.82, 2.24) is 5.32 Å². The molecule has 1 N–H and O–H groups in total. The van der Waals surface area contributed by atoms with Gasteiger partial charge in [-0.05, 0) is 23.8 Å². The molecule has 1 aliphatic rings. The molecule has 0 unspecified atom stereocenters. The van der Waals surface area contributed by atoms with Crippen LogP contribution in [-0.2, 0) is 15.0 Å². The average Bonchev–Trinajstić information content (AvgIpc) is 3.24. The number of hydrogen-bond acceptors (Lipinski definition) is 2. The van der Waals surface area contributed by atoms with Gasteiger partial charge in [0.2, 0.25) is 5.91 Å². The molecular weight excluding hydrogens is 286 g/mol. The van der Waals surface area contributed by atoms with Gasteiger partial charge < -0.3 is 5.32 Å². The normalized spacial score (nSPS) is 18.2. The van der Waals surface area contributed by atoms with Crippen LogP contribution in [0.3, 0.4) is 0 Å². The SMILES string of the molecule is CC(C)(C)C(=O)[C@@H](NC(=O)C1(c2ccccc2)CC1)C(C)(C)C. The van der Waals surface area contributed by atoms with Crippen molar-refractivity contribution in [2.75, 3.05) is 0 Å². The van der Waals surface area contributed by atoms with Crippen LogP contribution in [-0.4, -0.2) is 17.7 Å². The van der Waals surface area contributed by atoms with Gasteiger partial charge >= 0.3 is 0 Å². The zero-order valence-corrected chi connectivity index (χ0v) is 15.2. The van der Waals surface area contributed by atoms with Crippen LogP contribution in [0.5, 0.6) is 0 Å². The third-order valence-electron chi connectivity index (χ3n) is 4.65. The summed E-state index contributed by atoms with van der Waals surface area (Å²) in [5.74, 6) is 0.0726. The number of ketones is 1. The quantitative estimate of drug-likeness (QED) is 0.917. The standard InChI is InChI=1S/C20H29NO2/c1-18(2,3)15(16(22)19(4,5)6)21-17(23)20(12-13-20)14-10-8-7-9-11-14/h7-11,15H,12-13H2,1-6H3,(H,21,23)/t15-/m1/s1. The van der Waals surface area contributed by atoms with Gasteiger partial charge in [-0.15, -0.1) is 0 Å². The van der Waals surface area contributed by atoms with Crippen molar-refractivity contribution in [3.8, 4) is 0 Å². The summed E-state index contributed by atoms with van der Waals surface area (Å²) in [6.07, 6.45) is 1.70. The molecule has 0 aromatic heterocycles. The van der Waals surface area contributed by atoms with E-state index >= 15 is 0 Å². The highest BCUT2D eigenvalue weighted by Gasteiger charge is 2.52. The molecule has 1 atom stereocenters. The zero-order chi connectivity index (χ0) is 17.5. The Morgan fingerprint density at radius 1 is 1.00 bits per heavy atom. The maximum absolute atomic E-state index is 13.0. The minimum Gasteiger partial charge on any atom is -0.345 e. The van der Waals surface area contributed by atoms with E-state index in [1.165, 1.54) is 0 Å². The highest BCUT2D eigenvalue weighted by atomic mass is 16.2. The summed E-state index contributed by atoms with van der Waals surface area (Å²) in [5, 5.41) is 3.08. The molecule has 1 fully saturated rings. The second-order valence-electron chi connectivity index (χ2n) is 8.83. The predicted molar refractivity (Wildman–Crippen MR) is 93.2 cm³/mol. The molecule has 1 aliphatic carbocycles. The number of benzene rings is 1. The van der Waals surface area contributed by atoms with Gasteiger partial charge in [-0.2, -0.15) is 0 Å². The zero-order valence-electron chi connectivity index (χ0n) is 15.2. The number of rotatable bonds is 4. The van der Waals surface area contributed by atoms with Gasteiger partial charge in [0.25, 0.3) is 0 Å². The highest BCUT2D eigenvalue weighted by molar-refractivity contribution is 5.97. The van der Waals surface area contributed by atoms with Crippen molar-refractivity contribution in [2.45, 2.75) is 65.8 Å². The molecule has 0 bridgehead atoms. The van der Waals surface area contributed by atoms with Crippen LogP contribution in [0.2, 0.25) is 0 Å². The van der Waals surface area contributed by atoms with E-state index in [-0.39, 0.29) is 17.1 Å². The Bertz CT molecular complexity index is 586. The van der Waals surface area contributed by atoms with Crippen LogP contribution in [0.4, 0.5) is 0 Å². The summed E-state index contributed by atoms with van der Waals surface area (Å²) in [4.78, 5) is 25.8. The molecule has 0 spiro atoms. The first-order valence-electron chi connectivity index (χ1n) is 8.39. The smallest absolute Gasteiger partial charge is 0.231 e. The number of nitrogens with one attached hydrogen (secondary N) is 1. The first-order chi connectivity index (χ1) is 10.5. The van der Waals surface area contributed by atoms with Gasteiger partial charge in [0, 0.05) is 5.41 Å².